The van der Waals surface area contributed by atoms with Crippen molar-refractivity contribution in [2.75, 3.05) is 20.2 Å². The number of nitrogens with zero attached hydrogens (tertiary/aromatic N) is 2. The minimum Gasteiger partial charge on any atom is -0.379 e. The minimum atomic E-state index is -0.848. The second-order valence-corrected chi connectivity index (χ2v) is 5.19. The molecule has 0 saturated carbocycles. The third-order valence-corrected chi connectivity index (χ3v) is 4.31. The summed E-state index contributed by atoms with van der Waals surface area (Å²) in [4.78, 5) is 14.3. The number of nitriles is 1. The summed E-state index contributed by atoms with van der Waals surface area (Å²) < 4.78 is 5.42. The maximum Gasteiger partial charge on any atom is 0.243 e. The van der Waals surface area contributed by atoms with E-state index >= 15 is 0 Å². The second kappa shape index (κ2) is 6.19. The molecule has 1 rings (SSSR count). The van der Waals surface area contributed by atoms with Gasteiger partial charge in [-0.15, -0.1) is 0 Å². The molecule has 0 spiro atoms. The molecule has 1 saturated heterocycles. The first kappa shape index (κ1) is 15.0. The number of rotatable bonds is 4. The van der Waals surface area contributed by atoms with E-state index in [-0.39, 0.29) is 12.0 Å². The first-order valence-electron chi connectivity index (χ1n) is 6.78. The lowest BCUT2D eigenvalue weighted by atomic mass is 9.81. The van der Waals surface area contributed by atoms with Crippen LogP contribution in [-0.4, -0.2) is 37.1 Å². The van der Waals surface area contributed by atoms with Crippen molar-refractivity contribution in [2.45, 2.75) is 46.1 Å². The fraction of sp³-hybridized carbons (Fsp3) is 0.857. The van der Waals surface area contributed by atoms with Crippen LogP contribution in [0.15, 0.2) is 0 Å². The molecule has 1 aliphatic heterocycles. The Balaban J connectivity index is 2.82. The predicted molar refractivity (Wildman–Crippen MR) is 69.8 cm³/mol. The van der Waals surface area contributed by atoms with Crippen molar-refractivity contribution < 1.29 is 9.53 Å². The quantitative estimate of drug-likeness (QED) is 0.770. The van der Waals surface area contributed by atoms with Gasteiger partial charge in [0.15, 0.2) is 0 Å². The van der Waals surface area contributed by atoms with Gasteiger partial charge in [-0.05, 0) is 25.2 Å². The third kappa shape index (κ3) is 2.67. The van der Waals surface area contributed by atoms with Gasteiger partial charge >= 0.3 is 0 Å². The molecule has 1 fully saturated rings. The van der Waals surface area contributed by atoms with Crippen LogP contribution in [-0.2, 0) is 9.53 Å². The van der Waals surface area contributed by atoms with Crippen LogP contribution in [0.5, 0.6) is 0 Å². The molecule has 102 valence electrons. The minimum absolute atomic E-state index is 0.0241. The van der Waals surface area contributed by atoms with E-state index in [0.717, 1.165) is 13.0 Å². The second-order valence-electron chi connectivity index (χ2n) is 5.19. The molecule has 0 radical (unpaired) electrons. The standard InChI is InChI=1S/C14H24N2O2/c1-5-14(6-2,10-15)13(17)16-8-7-11(3)12(9-16)18-4/h11-12H,5-9H2,1-4H3. The SMILES string of the molecule is CCC(C#N)(CC)C(=O)N1CCC(C)C(OC)C1. The van der Waals surface area contributed by atoms with Crippen LogP contribution in [0, 0.1) is 22.7 Å². The molecular weight excluding hydrogens is 228 g/mol. The average Bonchev–Trinajstić information content (AvgIpc) is 2.41. The topological polar surface area (TPSA) is 53.3 Å². The number of carbonyl (C=O) groups excluding carboxylic acids is 1. The van der Waals surface area contributed by atoms with Gasteiger partial charge in [0, 0.05) is 20.2 Å². The number of methoxy groups -OCH3 is 1. The maximum absolute atomic E-state index is 12.5. The van der Waals surface area contributed by atoms with Gasteiger partial charge in [-0.1, -0.05) is 20.8 Å². The third-order valence-electron chi connectivity index (χ3n) is 4.31. The van der Waals surface area contributed by atoms with Crippen LogP contribution >= 0.6 is 0 Å². The van der Waals surface area contributed by atoms with Crippen LogP contribution < -0.4 is 0 Å². The maximum atomic E-state index is 12.5. The summed E-state index contributed by atoms with van der Waals surface area (Å²) in [6.45, 7) is 7.31. The number of amides is 1. The van der Waals surface area contributed by atoms with E-state index in [0.29, 0.717) is 25.3 Å². The Labute approximate surface area is 110 Å². The zero-order valence-electron chi connectivity index (χ0n) is 11.9. The van der Waals surface area contributed by atoms with E-state index in [1.54, 1.807) is 7.11 Å². The van der Waals surface area contributed by atoms with E-state index in [1.165, 1.54) is 0 Å². The molecule has 2 unspecified atom stereocenters. The summed E-state index contributed by atoms with van der Waals surface area (Å²) >= 11 is 0. The summed E-state index contributed by atoms with van der Waals surface area (Å²) in [5, 5.41) is 9.32. The fourth-order valence-corrected chi connectivity index (χ4v) is 2.59. The predicted octanol–water partition coefficient (Wildman–Crippen LogP) is 2.20. The van der Waals surface area contributed by atoms with Crippen molar-refractivity contribution in [3.05, 3.63) is 0 Å². The molecule has 1 amide bonds. The van der Waals surface area contributed by atoms with Gasteiger partial charge in [-0.3, -0.25) is 4.79 Å². The molecule has 0 aromatic heterocycles. The van der Waals surface area contributed by atoms with Crippen molar-refractivity contribution in [3.8, 4) is 6.07 Å². The van der Waals surface area contributed by atoms with Gasteiger partial charge < -0.3 is 9.64 Å². The Morgan fingerprint density at radius 3 is 2.56 bits per heavy atom. The summed E-state index contributed by atoms with van der Waals surface area (Å²) in [6.07, 6.45) is 2.18. The van der Waals surface area contributed by atoms with Crippen molar-refractivity contribution in [1.29, 1.82) is 5.26 Å². The number of piperidine rings is 1. The van der Waals surface area contributed by atoms with E-state index in [1.807, 2.05) is 18.7 Å². The van der Waals surface area contributed by atoms with Gasteiger partial charge in [0.05, 0.1) is 12.2 Å². The van der Waals surface area contributed by atoms with Crippen molar-refractivity contribution >= 4 is 5.91 Å². The van der Waals surface area contributed by atoms with E-state index in [2.05, 4.69) is 13.0 Å². The lowest BCUT2D eigenvalue weighted by molar-refractivity contribution is -0.144. The first-order valence-corrected chi connectivity index (χ1v) is 6.78. The summed E-state index contributed by atoms with van der Waals surface area (Å²) in [5.41, 5.74) is -0.848. The molecule has 1 heterocycles. The molecule has 0 aliphatic carbocycles. The summed E-state index contributed by atoms with van der Waals surface area (Å²) in [7, 11) is 1.69. The van der Waals surface area contributed by atoms with E-state index in [4.69, 9.17) is 4.74 Å². The molecular formula is C14H24N2O2. The average molecular weight is 252 g/mol. The van der Waals surface area contributed by atoms with Gasteiger partial charge in [0.25, 0.3) is 0 Å². The lowest BCUT2D eigenvalue weighted by Crippen LogP contribution is -2.51. The number of hydrogen-bond donors (Lipinski definition) is 0. The van der Waals surface area contributed by atoms with E-state index in [9.17, 15) is 10.1 Å². The summed E-state index contributed by atoms with van der Waals surface area (Å²) in [6, 6.07) is 2.22. The zero-order chi connectivity index (χ0) is 13.8. The number of ether oxygens (including phenoxy) is 1. The van der Waals surface area contributed by atoms with Crippen LogP contribution in [0.2, 0.25) is 0 Å². The molecule has 18 heavy (non-hydrogen) atoms. The molecule has 0 bridgehead atoms. The largest absolute Gasteiger partial charge is 0.379 e. The molecule has 2 atom stereocenters. The normalized spacial score (nSPS) is 24.7. The lowest BCUT2D eigenvalue weighted by Gasteiger charge is -2.39. The molecule has 0 aromatic rings. The van der Waals surface area contributed by atoms with Crippen LogP contribution in [0.3, 0.4) is 0 Å². The Hall–Kier alpha value is -1.08. The molecule has 0 N–H and O–H groups in total. The van der Waals surface area contributed by atoms with Crippen molar-refractivity contribution in [1.82, 2.24) is 4.90 Å². The molecule has 0 aromatic carbocycles. The van der Waals surface area contributed by atoms with Gasteiger partial charge in [0.1, 0.15) is 5.41 Å². The van der Waals surface area contributed by atoms with E-state index < -0.39 is 5.41 Å². The number of hydrogen-bond acceptors (Lipinski definition) is 3. The van der Waals surface area contributed by atoms with Gasteiger partial charge in [-0.2, -0.15) is 5.26 Å². The highest BCUT2D eigenvalue weighted by molar-refractivity contribution is 5.85. The molecule has 4 heteroatoms. The summed E-state index contributed by atoms with van der Waals surface area (Å²) in [5.74, 6) is 0.447. The van der Waals surface area contributed by atoms with Gasteiger partial charge in [-0.25, -0.2) is 0 Å². The van der Waals surface area contributed by atoms with Crippen LogP contribution in [0.25, 0.3) is 0 Å². The van der Waals surface area contributed by atoms with Gasteiger partial charge in [0.2, 0.25) is 5.91 Å². The molecule has 1 aliphatic rings. The zero-order valence-corrected chi connectivity index (χ0v) is 11.9. The van der Waals surface area contributed by atoms with Crippen LogP contribution in [0.1, 0.15) is 40.0 Å². The highest BCUT2D eigenvalue weighted by Gasteiger charge is 2.40. The highest BCUT2D eigenvalue weighted by atomic mass is 16.5. The Bertz CT molecular complexity index is 331. The Morgan fingerprint density at radius 2 is 2.11 bits per heavy atom. The molecule has 4 nitrogen and oxygen atoms in total. The smallest absolute Gasteiger partial charge is 0.243 e. The highest BCUT2D eigenvalue weighted by Crippen LogP contribution is 2.30. The van der Waals surface area contributed by atoms with Crippen LogP contribution in [0.4, 0.5) is 0 Å². The Kier molecular flexibility index (Phi) is 5.15. The monoisotopic (exact) mass is 252 g/mol. The Morgan fingerprint density at radius 1 is 1.50 bits per heavy atom. The fourth-order valence-electron chi connectivity index (χ4n) is 2.59. The number of likely N-dealkylation sites (tertiary alicyclic amines) is 1. The number of carbonyl (C=O) groups is 1. The van der Waals surface area contributed by atoms with Crippen molar-refractivity contribution in [2.24, 2.45) is 11.3 Å². The van der Waals surface area contributed by atoms with Crippen molar-refractivity contribution in [3.63, 3.8) is 0 Å². The first-order chi connectivity index (χ1) is 8.54.